The van der Waals surface area contributed by atoms with Crippen LogP contribution in [0.4, 0.5) is 4.39 Å². The molecule has 1 heterocycles. The molecular weight excluding hydrogens is 295 g/mol. The topological polar surface area (TPSA) is 70.7 Å². The van der Waals surface area contributed by atoms with Gasteiger partial charge in [0.15, 0.2) is 0 Å². The molecule has 0 saturated heterocycles. The maximum Gasteiger partial charge on any atom is 0.220 e. The molecule has 2 atom stereocenters. The van der Waals surface area contributed by atoms with Crippen molar-refractivity contribution >= 4 is 17.5 Å². The van der Waals surface area contributed by atoms with Crippen LogP contribution in [0.3, 0.4) is 0 Å². The Bertz CT molecular complexity index is 626. The quantitative estimate of drug-likeness (QED) is 0.889. The van der Waals surface area contributed by atoms with Crippen molar-refractivity contribution in [2.45, 2.75) is 31.2 Å². The molecule has 1 aliphatic rings. The third-order valence-electron chi connectivity index (χ3n) is 3.56. The van der Waals surface area contributed by atoms with E-state index in [9.17, 15) is 9.18 Å². The maximum absolute atomic E-state index is 13.8. The van der Waals surface area contributed by atoms with Crippen molar-refractivity contribution in [2.24, 2.45) is 0 Å². The maximum atomic E-state index is 13.8. The summed E-state index contributed by atoms with van der Waals surface area (Å²) in [5.41, 5.74) is 0.500. The van der Waals surface area contributed by atoms with Crippen molar-refractivity contribution in [3.63, 3.8) is 0 Å². The van der Waals surface area contributed by atoms with Crippen molar-refractivity contribution in [3.8, 4) is 0 Å². The SMILES string of the molecule is O=C(CCc1ncn[nH]1)N[C@@H]1C[C@H]1c1c(F)cccc1Cl. The molecule has 1 saturated carbocycles. The lowest BCUT2D eigenvalue weighted by Gasteiger charge is -2.06. The lowest BCUT2D eigenvalue weighted by molar-refractivity contribution is -0.121. The average molecular weight is 309 g/mol. The van der Waals surface area contributed by atoms with Gasteiger partial charge >= 0.3 is 0 Å². The van der Waals surface area contributed by atoms with E-state index in [1.165, 1.54) is 12.4 Å². The van der Waals surface area contributed by atoms with Crippen LogP contribution >= 0.6 is 11.6 Å². The number of H-pyrrole nitrogens is 1. The number of hydrogen-bond donors (Lipinski definition) is 2. The van der Waals surface area contributed by atoms with Crippen molar-refractivity contribution in [1.29, 1.82) is 0 Å². The number of nitrogens with zero attached hydrogens (tertiary/aromatic N) is 2. The number of carbonyl (C=O) groups is 1. The van der Waals surface area contributed by atoms with E-state index in [4.69, 9.17) is 11.6 Å². The molecule has 21 heavy (non-hydrogen) atoms. The Balaban J connectivity index is 1.53. The molecule has 1 fully saturated rings. The fourth-order valence-electron chi connectivity index (χ4n) is 2.40. The van der Waals surface area contributed by atoms with Crippen molar-refractivity contribution in [2.75, 3.05) is 0 Å². The van der Waals surface area contributed by atoms with Crippen LogP contribution in [-0.4, -0.2) is 27.1 Å². The summed E-state index contributed by atoms with van der Waals surface area (Å²) >= 11 is 6.02. The standard InChI is InChI=1S/C14H14ClFN4O/c15-9-2-1-3-10(16)14(9)8-6-11(8)19-13(21)5-4-12-17-7-18-20-12/h1-3,7-8,11H,4-6H2,(H,19,21)(H,17,18,20)/t8-,11-/m1/s1. The first-order valence-corrected chi connectivity index (χ1v) is 7.10. The second-order valence-electron chi connectivity index (χ2n) is 5.08. The summed E-state index contributed by atoms with van der Waals surface area (Å²) in [4.78, 5) is 15.8. The Morgan fingerprint density at radius 1 is 1.52 bits per heavy atom. The van der Waals surface area contributed by atoms with E-state index < -0.39 is 0 Å². The molecule has 1 amide bonds. The van der Waals surface area contributed by atoms with Crippen LogP contribution in [0.2, 0.25) is 5.02 Å². The number of halogens is 2. The van der Waals surface area contributed by atoms with E-state index >= 15 is 0 Å². The molecule has 1 aromatic heterocycles. The van der Waals surface area contributed by atoms with Gasteiger partial charge in [0, 0.05) is 35.4 Å². The molecule has 1 aromatic carbocycles. The Kier molecular flexibility index (Phi) is 3.88. The molecule has 7 heteroatoms. The molecule has 110 valence electrons. The minimum absolute atomic E-state index is 0.0343. The zero-order chi connectivity index (χ0) is 14.8. The second-order valence-corrected chi connectivity index (χ2v) is 5.49. The molecule has 0 radical (unpaired) electrons. The second kappa shape index (κ2) is 5.81. The van der Waals surface area contributed by atoms with Gasteiger partial charge in [-0.15, -0.1) is 0 Å². The monoisotopic (exact) mass is 308 g/mol. The summed E-state index contributed by atoms with van der Waals surface area (Å²) in [6.07, 6.45) is 2.95. The van der Waals surface area contributed by atoms with Gasteiger partial charge in [-0.3, -0.25) is 9.89 Å². The molecular formula is C14H14ClFN4O. The number of aromatic amines is 1. The van der Waals surface area contributed by atoms with E-state index in [1.54, 1.807) is 12.1 Å². The third kappa shape index (κ3) is 3.21. The Labute approximate surface area is 125 Å². The number of benzene rings is 1. The van der Waals surface area contributed by atoms with Gasteiger partial charge in [-0.25, -0.2) is 9.37 Å². The highest BCUT2D eigenvalue weighted by Gasteiger charge is 2.42. The number of amides is 1. The van der Waals surface area contributed by atoms with Crippen LogP contribution in [-0.2, 0) is 11.2 Å². The first-order valence-electron chi connectivity index (χ1n) is 6.72. The van der Waals surface area contributed by atoms with Crippen LogP contribution in [0.25, 0.3) is 0 Å². The first kappa shape index (κ1) is 14.0. The van der Waals surface area contributed by atoms with Crippen molar-refractivity contribution in [1.82, 2.24) is 20.5 Å². The summed E-state index contributed by atoms with van der Waals surface area (Å²) in [6.45, 7) is 0. The Hall–Kier alpha value is -1.95. The smallest absolute Gasteiger partial charge is 0.220 e. The highest BCUT2D eigenvalue weighted by Crippen LogP contribution is 2.44. The minimum atomic E-state index is -0.314. The van der Waals surface area contributed by atoms with Crippen LogP contribution in [0.15, 0.2) is 24.5 Å². The van der Waals surface area contributed by atoms with E-state index in [0.717, 1.165) is 0 Å². The number of nitrogens with one attached hydrogen (secondary N) is 2. The summed E-state index contributed by atoms with van der Waals surface area (Å²) in [5.74, 6) is 0.250. The largest absolute Gasteiger partial charge is 0.353 e. The lowest BCUT2D eigenvalue weighted by Crippen LogP contribution is -2.27. The number of aromatic nitrogens is 3. The molecule has 3 rings (SSSR count). The van der Waals surface area contributed by atoms with Gasteiger partial charge in [0.1, 0.15) is 18.0 Å². The number of hydrogen-bond acceptors (Lipinski definition) is 3. The van der Waals surface area contributed by atoms with E-state index in [0.29, 0.717) is 35.7 Å². The fraction of sp³-hybridized carbons (Fsp3) is 0.357. The lowest BCUT2D eigenvalue weighted by atomic mass is 10.1. The third-order valence-corrected chi connectivity index (χ3v) is 3.89. The molecule has 0 bridgehead atoms. The van der Waals surface area contributed by atoms with E-state index in [1.807, 2.05) is 0 Å². The van der Waals surface area contributed by atoms with Gasteiger partial charge in [-0.05, 0) is 18.6 Å². The molecule has 0 unspecified atom stereocenters. The first-order chi connectivity index (χ1) is 10.1. The van der Waals surface area contributed by atoms with Gasteiger partial charge in [0.2, 0.25) is 5.91 Å². The van der Waals surface area contributed by atoms with E-state index in [2.05, 4.69) is 20.5 Å². The predicted molar refractivity (Wildman–Crippen MR) is 75.4 cm³/mol. The van der Waals surface area contributed by atoms with Gasteiger partial charge in [-0.2, -0.15) is 5.10 Å². The van der Waals surface area contributed by atoms with Gasteiger partial charge in [0.05, 0.1) is 0 Å². The summed E-state index contributed by atoms with van der Waals surface area (Å²) in [6, 6.07) is 4.60. The predicted octanol–water partition coefficient (Wildman–Crippen LogP) is 2.20. The summed E-state index contributed by atoms with van der Waals surface area (Å²) in [7, 11) is 0. The normalized spacial score (nSPS) is 20.3. The molecule has 0 spiro atoms. The van der Waals surface area contributed by atoms with Crippen molar-refractivity contribution in [3.05, 3.63) is 46.8 Å². The van der Waals surface area contributed by atoms with Gasteiger partial charge in [-0.1, -0.05) is 17.7 Å². The van der Waals surface area contributed by atoms with Gasteiger partial charge < -0.3 is 5.32 Å². The molecule has 1 aliphatic carbocycles. The van der Waals surface area contributed by atoms with Crippen LogP contribution in [0.1, 0.15) is 30.1 Å². The van der Waals surface area contributed by atoms with E-state index in [-0.39, 0.29) is 23.7 Å². The highest BCUT2D eigenvalue weighted by molar-refractivity contribution is 6.31. The van der Waals surface area contributed by atoms with Crippen LogP contribution in [0.5, 0.6) is 0 Å². The average Bonchev–Trinajstić information content (AvgIpc) is 2.99. The molecule has 2 aromatic rings. The molecule has 0 aliphatic heterocycles. The summed E-state index contributed by atoms with van der Waals surface area (Å²) < 4.78 is 13.8. The number of carbonyl (C=O) groups excluding carboxylic acids is 1. The van der Waals surface area contributed by atoms with Crippen LogP contribution < -0.4 is 5.32 Å². The zero-order valence-corrected chi connectivity index (χ0v) is 11.9. The van der Waals surface area contributed by atoms with Crippen LogP contribution in [0, 0.1) is 5.82 Å². The molecule has 5 nitrogen and oxygen atoms in total. The fourth-order valence-corrected chi connectivity index (χ4v) is 2.70. The highest BCUT2D eigenvalue weighted by atomic mass is 35.5. The van der Waals surface area contributed by atoms with Gasteiger partial charge in [0.25, 0.3) is 0 Å². The van der Waals surface area contributed by atoms with Crippen molar-refractivity contribution < 1.29 is 9.18 Å². The zero-order valence-electron chi connectivity index (χ0n) is 11.1. The molecule has 2 N–H and O–H groups in total. The Morgan fingerprint density at radius 2 is 2.38 bits per heavy atom. The Morgan fingerprint density at radius 3 is 3.10 bits per heavy atom. The minimum Gasteiger partial charge on any atom is -0.353 e. The summed E-state index contributed by atoms with van der Waals surface area (Å²) in [5, 5.41) is 9.73. The number of aryl methyl sites for hydroxylation is 1. The number of rotatable bonds is 5.